The van der Waals surface area contributed by atoms with Crippen molar-refractivity contribution in [2.24, 2.45) is 0 Å². The van der Waals surface area contributed by atoms with Crippen molar-refractivity contribution < 1.29 is 9.59 Å². The van der Waals surface area contributed by atoms with Crippen LogP contribution < -0.4 is 0 Å². The molecule has 2 rings (SSSR count). The summed E-state index contributed by atoms with van der Waals surface area (Å²) in [4.78, 5) is 31.4. The fourth-order valence-electron chi connectivity index (χ4n) is 2.11. The first-order valence-electron chi connectivity index (χ1n) is 6.17. The highest BCUT2D eigenvalue weighted by atomic mass is 32.2. The van der Waals surface area contributed by atoms with Crippen LogP contribution in [0.25, 0.3) is 0 Å². The Bertz CT molecular complexity index is 485. The molecule has 0 aromatic carbocycles. The van der Waals surface area contributed by atoms with Crippen LogP contribution in [-0.2, 0) is 4.79 Å². The molecule has 0 N–H and O–H groups in total. The predicted octanol–water partition coefficient (Wildman–Crippen LogP) is 1.11. The van der Waals surface area contributed by atoms with Gasteiger partial charge in [0.15, 0.2) is 0 Å². The minimum absolute atomic E-state index is 0.000604. The highest BCUT2D eigenvalue weighted by molar-refractivity contribution is 7.98. The van der Waals surface area contributed by atoms with Crippen LogP contribution in [0.3, 0.4) is 0 Å². The van der Waals surface area contributed by atoms with E-state index in [0.29, 0.717) is 31.7 Å². The summed E-state index contributed by atoms with van der Waals surface area (Å²) in [5.74, 6) is 0.0685. The van der Waals surface area contributed by atoms with Crippen LogP contribution in [0.2, 0.25) is 0 Å². The molecule has 1 saturated heterocycles. The molecule has 2 heterocycles. The first-order valence-corrected chi connectivity index (χ1v) is 7.39. The number of hydrogen-bond acceptors (Lipinski definition) is 4. The standard InChI is InChI=1S/C13H17N3O2S/c1-10(17)15-6-8-16(9-7-15)13(18)11-4-3-5-14-12(11)19-2/h3-5H,6-9H2,1-2H3. The molecule has 6 heteroatoms. The number of pyridine rings is 1. The second-order valence-corrected chi connectivity index (χ2v) is 5.15. The number of rotatable bonds is 2. The number of piperazine rings is 1. The molecule has 0 radical (unpaired) electrons. The van der Waals surface area contributed by atoms with Crippen molar-refractivity contribution in [3.63, 3.8) is 0 Å². The van der Waals surface area contributed by atoms with E-state index in [2.05, 4.69) is 4.98 Å². The summed E-state index contributed by atoms with van der Waals surface area (Å²) in [7, 11) is 0. The van der Waals surface area contributed by atoms with Crippen molar-refractivity contribution in [3.8, 4) is 0 Å². The summed E-state index contributed by atoms with van der Waals surface area (Å²) >= 11 is 1.47. The molecule has 1 fully saturated rings. The largest absolute Gasteiger partial charge is 0.339 e. The minimum Gasteiger partial charge on any atom is -0.339 e. The summed E-state index contributed by atoms with van der Waals surface area (Å²) in [5.41, 5.74) is 0.645. The van der Waals surface area contributed by atoms with Crippen LogP contribution in [-0.4, -0.2) is 59.0 Å². The van der Waals surface area contributed by atoms with Crippen molar-refractivity contribution in [1.29, 1.82) is 0 Å². The van der Waals surface area contributed by atoms with Gasteiger partial charge in [-0.25, -0.2) is 4.98 Å². The predicted molar refractivity (Wildman–Crippen MR) is 74.2 cm³/mol. The number of aromatic nitrogens is 1. The highest BCUT2D eigenvalue weighted by Gasteiger charge is 2.24. The van der Waals surface area contributed by atoms with Crippen molar-refractivity contribution in [2.45, 2.75) is 11.9 Å². The monoisotopic (exact) mass is 279 g/mol. The molecule has 1 aliphatic heterocycles. The molecule has 0 atom stereocenters. The molecule has 1 aromatic rings. The lowest BCUT2D eigenvalue weighted by Crippen LogP contribution is -2.50. The number of thioether (sulfide) groups is 1. The number of nitrogens with zero attached hydrogens (tertiary/aromatic N) is 3. The van der Waals surface area contributed by atoms with Gasteiger partial charge in [-0.2, -0.15) is 0 Å². The van der Waals surface area contributed by atoms with Gasteiger partial charge in [-0.3, -0.25) is 9.59 Å². The van der Waals surface area contributed by atoms with Crippen molar-refractivity contribution in [3.05, 3.63) is 23.9 Å². The third kappa shape index (κ3) is 3.07. The molecule has 1 aromatic heterocycles. The summed E-state index contributed by atoms with van der Waals surface area (Å²) in [6, 6.07) is 3.58. The van der Waals surface area contributed by atoms with Gasteiger partial charge in [0.1, 0.15) is 5.03 Å². The third-order valence-corrected chi connectivity index (χ3v) is 3.92. The van der Waals surface area contributed by atoms with Crippen molar-refractivity contribution in [1.82, 2.24) is 14.8 Å². The lowest BCUT2D eigenvalue weighted by Gasteiger charge is -2.34. The molecule has 0 saturated carbocycles. The van der Waals surface area contributed by atoms with E-state index in [-0.39, 0.29) is 11.8 Å². The minimum atomic E-state index is 0.000604. The van der Waals surface area contributed by atoms with E-state index < -0.39 is 0 Å². The first kappa shape index (κ1) is 13.9. The molecule has 0 bridgehead atoms. The van der Waals surface area contributed by atoms with Gasteiger partial charge in [-0.15, -0.1) is 11.8 Å². The molecule has 19 heavy (non-hydrogen) atoms. The number of carbonyl (C=O) groups excluding carboxylic acids is 2. The van der Waals surface area contributed by atoms with Gasteiger partial charge in [-0.05, 0) is 18.4 Å². The lowest BCUT2D eigenvalue weighted by molar-refractivity contribution is -0.130. The zero-order valence-electron chi connectivity index (χ0n) is 11.1. The molecule has 1 aliphatic rings. The Labute approximate surface area is 117 Å². The van der Waals surface area contributed by atoms with Crippen LogP contribution in [0.5, 0.6) is 0 Å². The summed E-state index contributed by atoms with van der Waals surface area (Å²) in [6.07, 6.45) is 3.60. The van der Waals surface area contributed by atoms with E-state index in [1.54, 1.807) is 35.1 Å². The third-order valence-electron chi connectivity index (χ3n) is 3.21. The molecule has 2 amide bonds. The topological polar surface area (TPSA) is 53.5 Å². The lowest BCUT2D eigenvalue weighted by atomic mass is 10.2. The maximum Gasteiger partial charge on any atom is 0.256 e. The van der Waals surface area contributed by atoms with E-state index in [4.69, 9.17) is 0 Å². The van der Waals surface area contributed by atoms with Gasteiger partial charge in [0.05, 0.1) is 5.56 Å². The van der Waals surface area contributed by atoms with Crippen LogP contribution in [0.1, 0.15) is 17.3 Å². The van der Waals surface area contributed by atoms with Crippen LogP contribution >= 0.6 is 11.8 Å². The van der Waals surface area contributed by atoms with Crippen molar-refractivity contribution in [2.75, 3.05) is 32.4 Å². The number of amides is 2. The van der Waals surface area contributed by atoms with Gasteiger partial charge in [-0.1, -0.05) is 0 Å². The zero-order chi connectivity index (χ0) is 13.8. The summed E-state index contributed by atoms with van der Waals surface area (Å²) < 4.78 is 0. The second-order valence-electron chi connectivity index (χ2n) is 4.36. The van der Waals surface area contributed by atoms with Gasteiger partial charge >= 0.3 is 0 Å². The Kier molecular flexibility index (Phi) is 4.42. The quantitative estimate of drug-likeness (QED) is 0.761. The van der Waals surface area contributed by atoms with E-state index >= 15 is 0 Å². The Morgan fingerprint density at radius 3 is 2.42 bits per heavy atom. The maximum atomic E-state index is 12.4. The molecular formula is C13H17N3O2S. The van der Waals surface area contributed by atoms with Crippen LogP contribution in [0.4, 0.5) is 0 Å². The Morgan fingerprint density at radius 1 is 1.21 bits per heavy atom. The summed E-state index contributed by atoms with van der Waals surface area (Å²) in [6.45, 7) is 3.94. The molecule has 0 spiro atoms. The Hall–Kier alpha value is -1.56. The number of carbonyl (C=O) groups is 2. The van der Waals surface area contributed by atoms with E-state index in [9.17, 15) is 9.59 Å². The fraction of sp³-hybridized carbons (Fsp3) is 0.462. The first-order chi connectivity index (χ1) is 9.13. The van der Waals surface area contributed by atoms with Crippen LogP contribution in [0, 0.1) is 0 Å². The molecular weight excluding hydrogens is 262 g/mol. The smallest absolute Gasteiger partial charge is 0.256 e. The Balaban J connectivity index is 2.07. The van der Waals surface area contributed by atoms with Gasteiger partial charge in [0, 0.05) is 39.3 Å². The molecule has 5 nitrogen and oxygen atoms in total. The van der Waals surface area contributed by atoms with Gasteiger partial charge in [0.25, 0.3) is 5.91 Å². The molecule has 0 unspecified atom stereocenters. The average Bonchev–Trinajstić information content (AvgIpc) is 2.46. The number of hydrogen-bond donors (Lipinski definition) is 0. The van der Waals surface area contributed by atoms with E-state index in [1.807, 2.05) is 6.26 Å². The molecule has 102 valence electrons. The SMILES string of the molecule is CSc1ncccc1C(=O)N1CCN(C(C)=O)CC1. The average molecular weight is 279 g/mol. The van der Waals surface area contributed by atoms with E-state index in [0.717, 1.165) is 5.03 Å². The summed E-state index contributed by atoms with van der Waals surface area (Å²) in [5, 5.41) is 0.751. The fourth-order valence-corrected chi connectivity index (χ4v) is 2.65. The van der Waals surface area contributed by atoms with Crippen molar-refractivity contribution >= 4 is 23.6 Å². The van der Waals surface area contributed by atoms with Gasteiger partial charge in [0.2, 0.25) is 5.91 Å². The zero-order valence-corrected chi connectivity index (χ0v) is 11.9. The normalized spacial score (nSPS) is 15.5. The maximum absolute atomic E-state index is 12.4. The highest BCUT2D eigenvalue weighted by Crippen LogP contribution is 2.19. The van der Waals surface area contributed by atoms with E-state index in [1.165, 1.54) is 11.8 Å². The van der Waals surface area contributed by atoms with Crippen LogP contribution in [0.15, 0.2) is 23.4 Å². The molecule has 0 aliphatic carbocycles. The van der Waals surface area contributed by atoms with Gasteiger partial charge < -0.3 is 9.80 Å². The second kappa shape index (κ2) is 6.06. The Morgan fingerprint density at radius 2 is 1.84 bits per heavy atom.